The molecule has 7 nitrogen and oxygen atoms in total. The van der Waals surface area contributed by atoms with Crippen LogP contribution < -0.4 is 5.73 Å². The van der Waals surface area contributed by atoms with Crippen molar-refractivity contribution in [1.29, 1.82) is 0 Å². The number of rotatable bonds is 10. The summed E-state index contributed by atoms with van der Waals surface area (Å²) in [6.07, 6.45) is 4.75. The Kier molecular flexibility index (Phi) is 6.87. The first-order valence-corrected chi connectivity index (χ1v) is 11.5. The van der Waals surface area contributed by atoms with Crippen molar-refractivity contribution < 1.29 is 13.2 Å². The Bertz CT molecular complexity index is 1060. The molecule has 0 bridgehead atoms. The smallest absolute Gasteiger partial charge is 0.178 e. The number of imidazole rings is 1. The van der Waals surface area contributed by atoms with Crippen LogP contribution in [0.2, 0.25) is 0 Å². The Balaban J connectivity index is 1.66. The van der Waals surface area contributed by atoms with Crippen LogP contribution >= 0.6 is 0 Å². The number of nitrogen functional groups attached to an aromatic ring is 1. The van der Waals surface area contributed by atoms with E-state index >= 15 is 0 Å². The Labute approximate surface area is 171 Å². The predicted molar refractivity (Wildman–Crippen MR) is 115 cm³/mol. The fourth-order valence-corrected chi connectivity index (χ4v) is 4.87. The van der Waals surface area contributed by atoms with Gasteiger partial charge in [0.2, 0.25) is 0 Å². The molecule has 0 saturated carbocycles. The number of anilines is 1. The molecular formula is C21H28N4O3S. The number of aromatic nitrogens is 3. The van der Waals surface area contributed by atoms with Gasteiger partial charge in [0.15, 0.2) is 15.7 Å². The second-order valence-electron chi connectivity index (χ2n) is 7.14. The number of hydrogen-bond donors (Lipinski definition) is 1. The van der Waals surface area contributed by atoms with Crippen LogP contribution in [0.25, 0.3) is 11.0 Å². The van der Waals surface area contributed by atoms with Crippen LogP contribution in [0.1, 0.15) is 30.7 Å². The van der Waals surface area contributed by atoms with Crippen molar-refractivity contribution in [3.8, 4) is 0 Å². The third kappa shape index (κ3) is 4.94. The zero-order valence-corrected chi connectivity index (χ0v) is 17.8. The molecule has 3 rings (SSSR count). The van der Waals surface area contributed by atoms with Crippen molar-refractivity contribution >= 4 is 26.7 Å². The molecule has 0 aliphatic carbocycles. The third-order valence-electron chi connectivity index (χ3n) is 4.99. The van der Waals surface area contributed by atoms with Crippen LogP contribution in [0.4, 0.5) is 5.82 Å². The van der Waals surface area contributed by atoms with Gasteiger partial charge in [0, 0.05) is 26.3 Å². The maximum absolute atomic E-state index is 12.4. The highest BCUT2D eigenvalue weighted by Crippen LogP contribution is 2.24. The minimum Gasteiger partial charge on any atom is -0.384 e. The van der Waals surface area contributed by atoms with Gasteiger partial charge in [-0.05, 0) is 37.5 Å². The lowest BCUT2D eigenvalue weighted by atomic mass is 10.2. The Morgan fingerprint density at radius 3 is 2.62 bits per heavy atom. The molecule has 0 aliphatic rings. The van der Waals surface area contributed by atoms with E-state index in [0.29, 0.717) is 30.2 Å². The maximum atomic E-state index is 12.4. The molecule has 0 amide bonds. The number of benzene rings is 1. The van der Waals surface area contributed by atoms with Gasteiger partial charge in [0.05, 0.1) is 22.8 Å². The molecule has 0 saturated heterocycles. The van der Waals surface area contributed by atoms with Gasteiger partial charge in [-0.1, -0.05) is 24.6 Å². The topological polar surface area (TPSA) is 100 Å². The van der Waals surface area contributed by atoms with Gasteiger partial charge >= 0.3 is 0 Å². The van der Waals surface area contributed by atoms with E-state index in [0.717, 1.165) is 41.8 Å². The summed E-state index contributed by atoms with van der Waals surface area (Å²) in [5.41, 5.74) is 8.78. The summed E-state index contributed by atoms with van der Waals surface area (Å²) < 4.78 is 32.2. The number of fused-ring (bicyclic) bond motifs is 1. The SMILES string of the molecule is COCCc1nc2c(N)ncc(C)c2n1CCCCCS(=O)(=O)c1ccccc1. The number of nitrogens with zero attached hydrogens (tertiary/aromatic N) is 3. The van der Waals surface area contributed by atoms with Crippen LogP contribution in [0.3, 0.4) is 0 Å². The molecular weight excluding hydrogens is 388 g/mol. The minimum absolute atomic E-state index is 0.161. The Morgan fingerprint density at radius 2 is 1.90 bits per heavy atom. The van der Waals surface area contributed by atoms with E-state index in [1.165, 1.54) is 0 Å². The zero-order chi connectivity index (χ0) is 20.9. The standard InChI is InChI=1S/C21H28N4O3S/c1-16-15-23-21(22)19-20(16)25(18(24-19)11-13-28-2)12-7-4-8-14-29(26,27)17-9-5-3-6-10-17/h3,5-6,9-10,15H,4,7-8,11-14H2,1-2H3,(H2,22,23). The summed E-state index contributed by atoms with van der Waals surface area (Å²) in [6, 6.07) is 8.62. The average molecular weight is 417 g/mol. The molecule has 0 atom stereocenters. The van der Waals surface area contributed by atoms with Crippen LogP contribution in [0, 0.1) is 6.92 Å². The molecule has 0 unspecified atom stereocenters. The van der Waals surface area contributed by atoms with Gasteiger partial charge in [-0.25, -0.2) is 18.4 Å². The first-order valence-electron chi connectivity index (χ1n) is 9.81. The molecule has 0 aliphatic heterocycles. The number of pyridine rings is 1. The number of hydrogen-bond acceptors (Lipinski definition) is 6. The van der Waals surface area contributed by atoms with E-state index in [-0.39, 0.29) is 5.75 Å². The van der Waals surface area contributed by atoms with Crippen molar-refractivity contribution in [2.75, 3.05) is 25.2 Å². The predicted octanol–water partition coefficient (Wildman–Crippen LogP) is 3.16. The Hall–Kier alpha value is -2.45. The van der Waals surface area contributed by atoms with Crippen molar-refractivity contribution in [2.24, 2.45) is 0 Å². The monoisotopic (exact) mass is 416 g/mol. The van der Waals surface area contributed by atoms with Gasteiger partial charge in [-0.3, -0.25) is 0 Å². The largest absolute Gasteiger partial charge is 0.384 e. The molecule has 0 radical (unpaired) electrons. The third-order valence-corrected chi connectivity index (χ3v) is 6.80. The normalized spacial score (nSPS) is 11.9. The summed E-state index contributed by atoms with van der Waals surface area (Å²) >= 11 is 0. The van der Waals surface area contributed by atoms with Gasteiger partial charge in [-0.2, -0.15) is 0 Å². The summed E-state index contributed by atoms with van der Waals surface area (Å²) in [4.78, 5) is 9.29. The summed E-state index contributed by atoms with van der Waals surface area (Å²) in [5.74, 6) is 1.51. The van der Waals surface area contributed by atoms with Crippen LogP contribution in [0.15, 0.2) is 41.4 Å². The lowest BCUT2D eigenvalue weighted by molar-refractivity contribution is 0.199. The molecule has 1 aromatic carbocycles. The van der Waals surface area contributed by atoms with Gasteiger partial charge in [0.25, 0.3) is 0 Å². The summed E-state index contributed by atoms with van der Waals surface area (Å²) in [6.45, 7) is 3.33. The molecule has 2 N–H and O–H groups in total. The lowest BCUT2D eigenvalue weighted by Crippen LogP contribution is -2.09. The number of aryl methyl sites for hydroxylation is 2. The Morgan fingerprint density at radius 1 is 1.14 bits per heavy atom. The molecule has 0 spiro atoms. The minimum atomic E-state index is -3.22. The number of ether oxygens (including phenoxy) is 1. The number of sulfone groups is 1. The van der Waals surface area contributed by atoms with Crippen molar-refractivity contribution in [3.63, 3.8) is 0 Å². The van der Waals surface area contributed by atoms with E-state index in [1.54, 1.807) is 37.6 Å². The quantitative estimate of drug-likeness (QED) is 0.510. The van der Waals surface area contributed by atoms with Crippen molar-refractivity contribution in [2.45, 2.75) is 44.0 Å². The van der Waals surface area contributed by atoms with Gasteiger partial charge in [0.1, 0.15) is 11.3 Å². The summed E-state index contributed by atoms with van der Waals surface area (Å²) in [5, 5.41) is 0. The highest BCUT2D eigenvalue weighted by molar-refractivity contribution is 7.91. The first kappa shape index (κ1) is 21.3. The first-order chi connectivity index (χ1) is 13.9. The van der Waals surface area contributed by atoms with Crippen LogP contribution in [0.5, 0.6) is 0 Å². The van der Waals surface area contributed by atoms with Crippen molar-refractivity contribution in [3.05, 3.63) is 47.9 Å². The number of unbranched alkanes of at least 4 members (excludes halogenated alkanes) is 2. The molecule has 0 fully saturated rings. The second-order valence-corrected chi connectivity index (χ2v) is 9.25. The number of methoxy groups -OCH3 is 1. The summed E-state index contributed by atoms with van der Waals surface area (Å²) in [7, 11) is -1.55. The van der Waals surface area contributed by atoms with E-state index in [9.17, 15) is 8.42 Å². The van der Waals surface area contributed by atoms with E-state index in [2.05, 4.69) is 14.5 Å². The van der Waals surface area contributed by atoms with E-state index in [1.807, 2.05) is 13.0 Å². The highest BCUT2D eigenvalue weighted by atomic mass is 32.2. The molecule has 2 aromatic heterocycles. The highest BCUT2D eigenvalue weighted by Gasteiger charge is 2.16. The lowest BCUT2D eigenvalue weighted by Gasteiger charge is -2.11. The van der Waals surface area contributed by atoms with Crippen molar-refractivity contribution in [1.82, 2.24) is 14.5 Å². The van der Waals surface area contributed by atoms with Gasteiger partial charge in [-0.15, -0.1) is 0 Å². The molecule has 29 heavy (non-hydrogen) atoms. The fraction of sp³-hybridized carbons (Fsp3) is 0.429. The molecule has 8 heteroatoms. The van der Waals surface area contributed by atoms with Crippen LogP contribution in [-0.2, 0) is 27.5 Å². The zero-order valence-electron chi connectivity index (χ0n) is 17.0. The fourth-order valence-electron chi connectivity index (χ4n) is 3.48. The molecule has 2 heterocycles. The second kappa shape index (κ2) is 9.37. The maximum Gasteiger partial charge on any atom is 0.178 e. The molecule has 3 aromatic rings. The molecule has 156 valence electrons. The van der Waals surface area contributed by atoms with Gasteiger partial charge < -0.3 is 15.0 Å². The van der Waals surface area contributed by atoms with E-state index in [4.69, 9.17) is 10.5 Å². The number of nitrogens with two attached hydrogens (primary N) is 1. The van der Waals surface area contributed by atoms with E-state index < -0.39 is 9.84 Å². The van der Waals surface area contributed by atoms with Crippen LogP contribution in [-0.4, -0.2) is 42.4 Å². The average Bonchev–Trinajstić information content (AvgIpc) is 3.09.